The fraction of sp³-hybridized carbons (Fsp3) is 0.160. The third-order valence-electron chi connectivity index (χ3n) is 5.79. The van der Waals surface area contributed by atoms with Gasteiger partial charge >= 0.3 is 0 Å². The van der Waals surface area contributed by atoms with Crippen molar-refractivity contribution in [2.24, 2.45) is 0 Å². The number of fused-ring (bicyclic) bond motifs is 2. The second-order valence-corrected chi connectivity index (χ2v) is 8.28. The van der Waals surface area contributed by atoms with Gasteiger partial charge in [0.1, 0.15) is 23.9 Å². The van der Waals surface area contributed by atoms with Crippen molar-refractivity contribution in [2.45, 2.75) is 12.8 Å². The zero-order valence-electron chi connectivity index (χ0n) is 17.7. The molecule has 0 aliphatic carbocycles. The van der Waals surface area contributed by atoms with Crippen LogP contribution in [0, 0.1) is 5.82 Å². The number of hydrogen-bond donors (Lipinski definition) is 0. The van der Waals surface area contributed by atoms with E-state index in [0.717, 1.165) is 27.5 Å². The lowest BCUT2D eigenvalue weighted by Gasteiger charge is -2.28. The maximum Gasteiger partial charge on any atom is 0.250 e. The highest BCUT2D eigenvalue weighted by Gasteiger charge is 2.28. The molecule has 1 aliphatic rings. The van der Waals surface area contributed by atoms with Crippen molar-refractivity contribution in [3.8, 4) is 16.9 Å². The number of nitrogens with zero attached hydrogens (tertiary/aromatic N) is 3. The number of halogens is 2. The standard InChI is InChI=1S/C25H19ClFN3O3/c1-33-20-5-2-17-12-29(13-19(17)9-20)24(32)14-30-23(31)7-4-16-8-18(11-28-25(16)30)15-3-6-22(27)21(26)10-15/h2-3,5-6,8-13H,4,7,14H2,1H3. The van der Waals surface area contributed by atoms with E-state index in [9.17, 15) is 14.0 Å². The van der Waals surface area contributed by atoms with Gasteiger partial charge < -0.3 is 4.74 Å². The highest BCUT2D eigenvalue weighted by Crippen LogP contribution is 2.31. The average Bonchev–Trinajstić information content (AvgIpc) is 3.26. The van der Waals surface area contributed by atoms with E-state index in [1.165, 1.54) is 15.5 Å². The summed E-state index contributed by atoms with van der Waals surface area (Å²) < 4.78 is 20.2. The molecule has 4 aromatic rings. The van der Waals surface area contributed by atoms with Crippen LogP contribution < -0.4 is 9.64 Å². The van der Waals surface area contributed by atoms with Crippen LogP contribution in [0.25, 0.3) is 21.9 Å². The number of rotatable bonds is 4. The summed E-state index contributed by atoms with van der Waals surface area (Å²) in [6.07, 6.45) is 5.86. The summed E-state index contributed by atoms with van der Waals surface area (Å²) in [7, 11) is 1.59. The van der Waals surface area contributed by atoms with E-state index in [-0.39, 0.29) is 29.8 Å². The van der Waals surface area contributed by atoms with Gasteiger partial charge in [-0.3, -0.25) is 19.1 Å². The number of benzene rings is 2. The van der Waals surface area contributed by atoms with E-state index in [1.807, 2.05) is 24.3 Å². The Bertz CT molecular complexity index is 1420. The monoisotopic (exact) mass is 463 g/mol. The molecule has 0 unspecified atom stereocenters. The number of anilines is 1. The molecular weight excluding hydrogens is 445 g/mol. The molecule has 2 aromatic carbocycles. The maximum atomic E-state index is 13.5. The fourth-order valence-corrected chi connectivity index (χ4v) is 4.21. The number of amides is 1. The first-order valence-electron chi connectivity index (χ1n) is 10.4. The predicted octanol–water partition coefficient (Wildman–Crippen LogP) is 5.12. The van der Waals surface area contributed by atoms with Gasteiger partial charge in [-0.2, -0.15) is 0 Å². The molecule has 0 fully saturated rings. The fourth-order valence-electron chi connectivity index (χ4n) is 4.03. The molecule has 0 saturated heterocycles. The van der Waals surface area contributed by atoms with Crippen molar-refractivity contribution in [1.82, 2.24) is 9.55 Å². The second-order valence-electron chi connectivity index (χ2n) is 7.87. The molecule has 0 bridgehead atoms. The number of carbonyl (C=O) groups is 2. The van der Waals surface area contributed by atoms with Gasteiger partial charge in [0, 0.05) is 41.3 Å². The van der Waals surface area contributed by atoms with Crippen molar-refractivity contribution < 1.29 is 18.7 Å². The van der Waals surface area contributed by atoms with Gasteiger partial charge in [-0.25, -0.2) is 9.37 Å². The van der Waals surface area contributed by atoms with Crippen LogP contribution in [0.15, 0.2) is 61.1 Å². The number of ether oxygens (including phenoxy) is 1. The number of pyridine rings is 1. The lowest BCUT2D eigenvalue weighted by Crippen LogP contribution is -2.41. The molecule has 2 aromatic heterocycles. The summed E-state index contributed by atoms with van der Waals surface area (Å²) in [6, 6.07) is 12.0. The van der Waals surface area contributed by atoms with E-state index in [1.54, 1.807) is 37.8 Å². The van der Waals surface area contributed by atoms with Crippen LogP contribution in [-0.2, 0) is 11.2 Å². The number of hydrogen-bond acceptors (Lipinski definition) is 4. The first-order chi connectivity index (χ1) is 15.9. The van der Waals surface area contributed by atoms with Crippen LogP contribution >= 0.6 is 11.6 Å². The van der Waals surface area contributed by atoms with Gasteiger partial charge in [-0.1, -0.05) is 17.7 Å². The van der Waals surface area contributed by atoms with Crippen molar-refractivity contribution in [2.75, 3.05) is 18.6 Å². The zero-order valence-corrected chi connectivity index (χ0v) is 18.5. The van der Waals surface area contributed by atoms with Crippen LogP contribution in [0.4, 0.5) is 10.2 Å². The molecule has 0 atom stereocenters. The Balaban J connectivity index is 1.43. The Labute approximate surface area is 194 Å². The molecule has 0 N–H and O–H groups in total. The van der Waals surface area contributed by atoms with Crippen LogP contribution in [0.1, 0.15) is 16.8 Å². The lowest BCUT2D eigenvalue weighted by atomic mass is 10.00. The minimum Gasteiger partial charge on any atom is -0.497 e. The van der Waals surface area contributed by atoms with Crippen LogP contribution in [-0.4, -0.2) is 35.0 Å². The minimum absolute atomic E-state index is 0.0318. The highest BCUT2D eigenvalue weighted by molar-refractivity contribution is 6.31. The van der Waals surface area contributed by atoms with Crippen molar-refractivity contribution in [3.63, 3.8) is 0 Å². The number of methoxy groups -OCH3 is 1. The summed E-state index contributed by atoms with van der Waals surface area (Å²) in [6.45, 7) is -0.126. The van der Waals surface area contributed by atoms with E-state index >= 15 is 0 Å². The lowest BCUT2D eigenvalue weighted by molar-refractivity contribution is -0.118. The summed E-state index contributed by atoms with van der Waals surface area (Å²) >= 11 is 5.92. The number of aromatic nitrogens is 2. The molecule has 33 heavy (non-hydrogen) atoms. The molecule has 1 aliphatic heterocycles. The van der Waals surface area contributed by atoms with Crippen molar-refractivity contribution in [3.05, 3.63) is 77.5 Å². The first kappa shape index (κ1) is 21.2. The SMILES string of the molecule is COc1ccc2cn(C(=O)CN3C(=O)CCc4cc(-c5ccc(F)c(Cl)c5)cnc43)cc2c1. The number of aryl methyl sites for hydroxylation is 1. The Kier molecular flexibility index (Phi) is 5.34. The van der Waals surface area contributed by atoms with Crippen LogP contribution in [0.2, 0.25) is 5.02 Å². The van der Waals surface area contributed by atoms with E-state index < -0.39 is 5.82 Å². The Hall–Kier alpha value is -3.71. The van der Waals surface area contributed by atoms with Gasteiger partial charge in [0.15, 0.2) is 0 Å². The predicted molar refractivity (Wildman–Crippen MR) is 124 cm³/mol. The molecule has 0 saturated carbocycles. The molecule has 5 rings (SSSR count). The van der Waals surface area contributed by atoms with E-state index in [4.69, 9.17) is 16.3 Å². The van der Waals surface area contributed by atoms with Crippen molar-refractivity contribution >= 4 is 40.0 Å². The Morgan fingerprint density at radius 1 is 1.09 bits per heavy atom. The van der Waals surface area contributed by atoms with Gasteiger partial charge in [0.25, 0.3) is 5.91 Å². The molecule has 0 radical (unpaired) electrons. The average molecular weight is 464 g/mol. The summed E-state index contributed by atoms with van der Waals surface area (Å²) in [4.78, 5) is 31.6. The zero-order chi connectivity index (χ0) is 23.1. The van der Waals surface area contributed by atoms with E-state index in [0.29, 0.717) is 18.0 Å². The molecule has 0 spiro atoms. The van der Waals surface area contributed by atoms with Gasteiger partial charge in [0.2, 0.25) is 5.91 Å². The van der Waals surface area contributed by atoms with Crippen LogP contribution in [0.5, 0.6) is 5.75 Å². The molecule has 8 heteroatoms. The van der Waals surface area contributed by atoms with Crippen LogP contribution in [0.3, 0.4) is 0 Å². The highest BCUT2D eigenvalue weighted by atomic mass is 35.5. The molecule has 6 nitrogen and oxygen atoms in total. The summed E-state index contributed by atoms with van der Waals surface area (Å²) in [5.74, 6) is 0.282. The smallest absolute Gasteiger partial charge is 0.250 e. The Morgan fingerprint density at radius 3 is 2.70 bits per heavy atom. The molecule has 166 valence electrons. The largest absolute Gasteiger partial charge is 0.497 e. The third-order valence-corrected chi connectivity index (χ3v) is 6.08. The molecule has 1 amide bonds. The minimum atomic E-state index is -0.488. The quantitative estimate of drug-likeness (QED) is 0.421. The normalized spacial score (nSPS) is 13.3. The maximum absolute atomic E-state index is 13.5. The summed E-state index contributed by atoms with van der Waals surface area (Å²) in [5.41, 5.74) is 2.34. The van der Waals surface area contributed by atoms with Gasteiger partial charge in [0.05, 0.1) is 12.1 Å². The topological polar surface area (TPSA) is 64.4 Å². The van der Waals surface area contributed by atoms with E-state index in [2.05, 4.69) is 4.98 Å². The first-order valence-corrected chi connectivity index (χ1v) is 10.7. The Morgan fingerprint density at radius 2 is 1.91 bits per heavy atom. The molecule has 3 heterocycles. The van der Waals surface area contributed by atoms with Crippen molar-refractivity contribution in [1.29, 1.82) is 0 Å². The molecular formula is C25H19ClFN3O3. The third kappa shape index (κ3) is 3.96. The van der Waals surface area contributed by atoms with Gasteiger partial charge in [-0.15, -0.1) is 0 Å². The number of carbonyl (C=O) groups excluding carboxylic acids is 2. The summed E-state index contributed by atoms with van der Waals surface area (Å²) in [5, 5.41) is 1.80. The second kappa shape index (κ2) is 8.33. The van der Waals surface area contributed by atoms with Gasteiger partial charge in [-0.05, 0) is 53.9 Å².